The van der Waals surface area contributed by atoms with E-state index in [1.807, 2.05) is 0 Å². The number of nitrogens with zero attached hydrogens (tertiary/aromatic N) is 2. The number of halogens is 3. The van der Waals surface area contributed by atoms with Crippen molar-refractivity contribution in [1.29, 1.82) is 0 Å². The minimum absolute atomic E-state index is 0.0556. The first kappa shape index (κ1) is 22.4. The van der Waals surface area contributed by atoms with Crippen molar-refractivity contribution in [2.24, 2.45) is 0 Å². The molecular weight excluding hydrogens is 445 g/mol. The summed E-state index contributed by atoms with van der Waals surface area (Å²) in [6, 6.07) is 4.81. The van der Waals surface area contributed by atoms with Crippen molar-refractivity contribution in [3.63, 3.8) is 0 Å². The van der Waals surface area contributed by atoms with Gasteiger partial charge in [-0.1, -0.05) is 0 Å². The Kier molecular flexibility index (Phi) is 5.83. The zero-order valence-electron chi connectivity index (χ0n) is 17.9. The standard InChI is InChI=1S/C21H21F3N4O5/c1-30-15-7-11(8-16(31-2)19(15)32-3)25-20(29)13-10-18-26-12(14-5-4-6-33-14)9-17(21(22,23)24)28(18)27-13/h4-8,10,12,17,26H,9H2,1-3H3,(H,25,29)/t12-,17-/m0/s1. The quantitative estimate of drug-likeness (QED) is 0.555. The lowest BCUT2D eigenvalue weighted by atomic mass is 10.0. The molecule has 0 spiro atoms. The Bertz CT molecular complexity index is 1120. The number of furan rings is 1. The normalized spacial score (nSPS) is 17.6. The van der Waals surface area contributed by atoms with E-state index in [0.29, 0.717) is 23.0 Å². The van der Waals surface area contributed by atoms with Crippen molar-refractivity contribution in [2.75, 3.05) is 32.0 Å². The molecule has 0 fully saturated rings. The summed E-state index contributed by atoms with van der Waals surface area (Å²) in [4.78, 5) is 12.8. The van der Waals surface area contributed by atoms with Crippen LogP contribution in [-0.2, 0) is 0 Å². The van der Waals surface area contributed by atoms with Crippen LogP contribution in [0, 0.1) is 0 Å². The number of ether oxygens (including phenoxy) is 3. The number of nitrogens with one attached hydrogen (secondary N) is 2. The zero-order chi connectivity index (χ0) is 23.8. The van der Waals surface area contributed by atoms with E-state index in [9.17, 15) is 18.0 Å². The highest BCUT2D eigenvalue weighted by atomic mass is 19.4. The first-order chi connectivity index (χ1) is 15.7. The summed E-state index contributed by atoms with van der Waals surface area (Å²) in [5, 5.41) is 9.50. The molecule has 12 heteroatoms. The lowest BCUT2D eigenvalue weighted by Gasteiger charge is -2.32. The molecule has 1 amide bonds. The maximum atomic E-state index is 13.8. The number of fused-ring (bicyclic) bond motifs is 1. The van der Waals surface area contributed by atoms with Gasteiger partial charge in [-0.05, 0) is 12.1 Å². The van der Waals surface area contributed by atoms with Crippen LogP contribution in [0.5, 0.6) is 17.2 Å². The highest BCUT2D eigenvalue weighted by Crippen LogP contribution is 2.44. The molecule has 0 saturated carbocycles. The van der Waals surface area contributed by atoms with Crippen LogP contribution in [0.1, 0.15) is 34.8 Å². The molecule has 0 saturated heterocycles. The van der Waals surface area contributed by atoms with E-state index in [-0.39, 0.29) is 23.6 Å². The molecule has 4 rings (SSSR count). The largest absolute Gasteiger partial charge is 0.493 e. The third kappa shape index (κ3) is 4.28. The van der Waals surface area contributed by atoms with Crippen molar-refractivity contribution in [3.05, 3.63) is 48.0 Å². The van der Waals surface area contributed by atoms with Crippen LogP contribution in [-0.4, -0.2) is 43.2 Å². The summed E-state index contributed by atoms with van der Waals surface area (Å²) in [5.41, 5.74) is 0.0925. The second-order valence-corrected chi connectivity index (χ2v) is 7.23. The molecule has 0 unspecified atom stereocenters. The highest BCUT2D eigenvalue weighted by Gasteiger charge is 2.47. The number of anilines is 2. The van der Waals surface area contributed by atoms with Gasteiger partial charge in [0.15, 0.2) is 23.2 Å². The molecule has 1 aromatic carbocycles. The summed E-state index contributed by atoms with van der Waals surface area (Å²) < 4.78 is 63.1. The Labute approximate surface area is 186 Å². The molecule has 2 aromatic heterocycles. The van der Waals surface area contributed by atoms with Gasteiger partial charge < -0.3 is 29.3 Å². The van der Waals surface area contributed by atoms with Gasteiger partial charge in [-0.25, -0.2) is 4.68 Å². The van der Waals surface area contributed by atoms with Gasteiger partial charge in [-0.2, -0.15) is 18.3 Å². The van der Waals surface area contributed by atoms with Crippen LogP contribution in [0.4, 0.5) is 24.7 Å². The molecule has 2 N–H and O–H groups in total. The maximum absolute atomic E-state index is 13.8. The molecule has 1 aliphatic heterocycles. The van der Waals surface area contributed by atoms with Crippen LogP contribution in [0.15, 0.2) is 41.0 Å². The zero-order valence-corrected chi connectivity index (χ0v) is 17.9. The van der Waals surface area contributed by atoms with E-state index >= 15 is 0 Å². The average molecular weight is 466 g/mol. The number of hydrogen-bond donors (Lipinski definition) is 2. The maximum Gasteiger partial charge on any atom is 0.410 e. The van der Waals surface area contributed by atoms with E-state index in [2.05, 4.69) is 15.7 Å². The Morgan fingerprint density at radius 1 is 1.18 bits per heavy atom. The Morgan fingerprint density at radius 3 is 2.42 bits per heavy atom. The van der Waals surface area contributed by atoms with E-state index < -0.39 is 24.2 Å². The average Bonchev–Trinajstić information content (AvgIpc) is 3.46. The Hall–Kier alpha value is -3.83. The number of aromatic nitrogens is 2. The number of carbonyl (C=O) groups is 1. The molecule has 3 aromatic rings. The number of alkyl halides is 3. The van der Waals surface area contributed by atoms with Gasteiger partial charge in [-0.15, -0.1) is 0 Å². The van der Waals surface area contributed by atoms with Gasteiger partial charge in [0.25, 0.3) is 5.91 Å². The molecule has 3 heterocycles. The van der Waals surface area contributed by atoms with Crippen LogP contribution in [0.2, 0.25) is 0 Å². The van der Waals surface area contributed by atoms with Gasteiger partial charge in [0.05, 0.1) is 33.6 Å². The second-order valence-electron chi connectivity index (χ2n) is 7.23. The molecule has 176 valence electrons. The van der Waals surface area contributed by atoms with Gasteiger partial charge in [0, 0.05) is 30.3 Å². The molecule has 0 bridgehead atoms. The smallest absolute Gasteiger partial charge is 0.410 e. The van der Waals surface area contributed by atoms with Gasteiger partial charge in [0.2, 0.25) is 5.75 Å². The Balaban J connectivity index is 1.63. The lowest BCUT2D eigenvalue weighted by Crippen LogP contribution is -2.35. The fraction of sp³-hybridized carbons (Fsp3) is 0.333. The van der Waals surface area contributed by atoms with Crippen LogP contribution in [0.3, 0.4) is 0 Å². The van der Waals surface area contributed by atoms with E-state index in [0.717, 1.165) is 4.68 Å². The molecule has 2 atom stereocenters. The fourth-order valence-corrected chi connectivity index (χ4v) is 3.71. The topological polar surface area (TPSA) is 99.8 Å². The third-order valence-electron chi connectivity index (χ3n) is 5.23. The predicted molar refractivity (Wildman–Crippen MR) is 111 cm³/mol. The number of amides is 1. The molecule has 0 aliphatic carbocycles. The summed E-state index contributed by atoms with van der Waals surface area (Å²) in [5.74, 6) is 0.646. The number of benzene rings is 1. The predicted octanol–water partition coefficient (Wildman–Crippen LogP) is 4.41. The first-order valence-corrected chi connectivity index (χ1v) is 9.82. The molecule has 9 nitrogen and oxygen atoms in total. The van der Waals surface area contributed by atoms with Crippen molar-refractivity contribution in [2.45, 2.75) is 24.7 Å². The molecule has 33 heavy (non-hydrogen) atoms. The van der Waals surface area contributed by atoms with Gasteiger partial charge >= 0.3 is 6.18 Å². The summed E-state index contributed by atoms with van der Waals surface area (Å²) >= 11 is 0. The highest BCUT2D eigenvalue weighted by molar-refractivity contribution is 6.03. The number of methoxy groups -OCH3 is 3. The first-order valence-electron chi connectivity index (χ1n) is 9.82. The molecule has 0 radical (unpaired) electrons. The summed E-state index contributed by atoms with van der Waals surface area (Å²) in [7, 11) is 4.28. The monoisotopic (exact) mass is 466 g/mol. The third-order valence-corrected chi connectivity index (χ3v) is 5.23. The van der Waals surface area contributed by atoms with Crippen LogP contribution < -0.4 is 24.8 Å². The van der Waals surface area contributed by atoms with Crippen molar-refractivity contribution >= 4 is 17.4 Å². The minimum Gasteiger partial charge on any atom is -0.493 e. The van der Waals surface area contributed by atoms with Crippen molar-refractivity contribution in [1.82, 2.24) is 9.78 Å². The number of carbonyl (C=O) groups excluding carboxylic acids is 1. The molecule has 1 aliphatic rings. The van der Waals surface area contributed by atoms with Gasteiger partial charge in [0.1, 0.15) is 11.6 Å². The number of rotatable bonds is 6. The lowest BCUT2D eigenvalue weighted by molar-refractivity contribution is -0.174. The van der Waals surface area contributed by atoms with Crippen molar-refractivity contribution in [3.8, 4) is 17.2 Å². The van der Waals surface area contributed by atoms with E-state index in [4.69, 9.17) is 18.6 Å². The summed E-state index contributed by atoms with van der Waals surface area (Å²) in [6.45, 7) is 0. The number of hydrogen-bond acceptors (Lipinski definition) is 7. The van der Waals surface area contributed by atoms with Gasteiger partial charge in [-0.3, -0.25) is 4.79 Å². The van der Waals surface area contributed by atoms with E-state index in [1.54, 1.807) is 12.1 Å². The van der Waals surface area contributed by atoms with Crippen LogP contribution >= 0.6 is 0 Å². The van der Waals surface area contributed by atoms with E-state index in [1.165, 1.54) is 45.8 Å². The SMILES string of the molecule is COc1cc(NC(=O)c2cc3n(n2)[C@H](C(F)(F)F)C[C@@H](c2ccco2)N3)cc(OC)c1OC. The van der Waals surface area contributed by atoms with Crippen molar-refractivity contribution < 1.29 is 36.6 Å². The minimum atomic E-state index is -4.57. The summed E-state index contributed by atoms with van der Waals surface area (Å²) in [6.07, 6.45) is -3.51. The second kappa shape index (κ2) is 8.60. The van der Waals surface area contributed by atoms with Crippen LogP contribution in [0.25, 0.3) is 0 Å². The molecular formula is C21H21F3N4O5. The fourth-order valence-electron chi connectivity index (χ4n) is 3.71. The Morgan fingerprint density at radius 2 is 1.88 bits per heavy atom.